The smallest absolute Gasteiger partial charge is 0.325 e. The van der Waals surface area contributed by atoms with Gasteiger partial charge in [0.05, 0.1) is 0 Å². The molecular weight excluding hydrogens is 326 g/mol. The van der Waals surface area contributed by atoms with Gasteiger partial charge >= 0.3 is 6.03 Å². The third kappa shape index (κ3) is 4.20. The van der Waals surface area contributed by atoms with Crippen LogP contribution in [0, 0.1) is 5.92 Å². The van der Waals surface area contributed by atoms with E-state index in [-0.39, 0.29) is 18.5 Å². The molecule has 0 aromatic heterocycles. The van der Waals surface area contributed by atoms with Gasteiger partial charge < -0.3 is 10.2 Å². The topological polar surface area (TPSA) is 52.7 Å². The van der Waals surface area contributed by atoms with E-state index in [1.54, 1.807) is 21.9 Å². The molecule has 1 heterocycles. The van der Waals surface area contributed by atoms with Crippen molar-refractivity contribution in [2.45, 2.75) is 32.1 Å². The van der Waals surface area contributed by atoms with Crippen LogP contribution in [0.1, 0.15) is 32.1 Å². The fraction of sp³-hybridized carbons (Fsp3) is 0.556. The molecule has 1 saturated heterocycles. The number of hydrogen-bond donors (Lipinski definition) is 1. The van der Waals surface area contributed by atoms with E-state index in [2.05, 4.69) is 5.32 Å². The minimum absolute atomic E-state index is 0.0631. The first kappa shape index (κ1) is 17.1. The highest BCUT2D eigenvalue weighted by molar-refractivity contribution is 6.30. The zero-order chi connectivity index (χ0) is 16.9. The van der Waals surface area contributed by atoms with E-state index < -0.39 is 0 Å². The normalized spacial score (nSPS) is 19.0. The van der Waals surface area contributed by atoms with Gasteiger partial charge in [-0.3, -0.25) is 9.69 Å². The highest BCUT2D eigenvalue weighted by Crippen LogP contribution is 2.23. The van der Waals surface area contributed by atoms with Crippen LogP contribution in [0.3, 0.4) is 0 Å². The van der Waals surface area contributed by atoms with Gasteiger partial charge in [0.1, 0.15) is 6.54 Å². The Labute approximate surface area is 147 Å². The van der Waals surface area contributed by atoms with Crippen LogP contribution in [0.25, 0.3) is 0 Å². The van der Waals surface area contributed by atoms with Gasteiger partial charge in [-0.2, -0.15) is 0 Å². The molecule has 1 N–H and O–H groups in total. The van der Waals surface area contributed by atoms with Crippen molar-refractivity contribution in [1.82, 2.24) is 10.2 Å². The first-order valence-electron chi connectivity index (χ1n) is 8.72. The second-order valence-electron chi connectivity index (χ2n) is 6.64. The predicted molar refractivity (Wildman–Crippen MR) is 95.4 cm³/mol. The van der Waals surface area contributed by atoms with Crippen LogP contribution < -0.4 is 10.2 Å². The Balaban J connectivity index is 1.48. The standard InChI is InChI=1S/C18H24ClN3O2/c19-15-6-8-16(9-7-15)22-11-10-21(18(22)24)13-17(23)20-12-14-4-2-1-3-5-14/h6-9,14H,1-5,10-13H2,(H,20,23). The van der Waals surface area contributed by atoms with Gasteiger partial charge in [-0.1, -0.05) is 30.9 Å². The maximum atomic E-state index is 12.5. The largest absolute Gasteiger partial charge is 0.354 e. The third-order valence-electron chi connectivity index (χ3n) is 4.88. The van der Waals surface area contributed by atoms with E-state index in [9.17, 15) is 9.59 Å². The minimum Gasteiger partial charge on any atom is -0.354 e. The lowest BCUT2D eigenvalue weighted by Crippen LogP contribution is -2.41. The molecule has 1 saturated carbocycles. The first-order valence-corrected chi connectivity index (χ1v) is 9.10. The number of nitrogens with zero attached hydrogens (tertiary/aromatic N) is 2. The molecule has 1 aliphatic carbocycles. The second-order valence-corrected chi connectivity index (χ2v) is 7.08. The molecule has 0 bridgehead atoms. The van der Waals surface area contributed by atoms with Crippen LogP contribution >= 0.6 is 11.6 Å². The third-order valence-corrected chi connectivity index (χ3v) is 5.13. The van der Waals surface area contributed by atoms with Crippen LogP contribution in [0.15, 0.2) is 24.3 Å². The van der Waals surface area contributed by atoms with Crippen LogP contribution in [-0.4, -0.2) is 43.0 Å². The summed E-state index contributed by atoms with van der Waals surface area (Å²) in [7, 11) is 0. The Hall–Kier alpha value is -1.75. The van der Waals surface area contributed by atoms with Gasteiger partial charge in [0.2, 0.25) is 5.91 Å². The van der Waals surface area contributed by atoms with Gasteiger partial charge in [-0.05, 0) is 43.0 Å². The van der Waals surface area contributed by atoms with Gasteiger partial charge in [0.15, 0.2) is 0 Å². The summed E-state index contributed by atoms with van der Waals surface area (Å²) in [5, 5.41) is 3.64. The fourth-order valence-corrected chi connectivity index (χ4v) is 3.59. The Morgan fingerprint density at radius 1 is 1.12 bits per heavy atom. The number of anilines is 1. The molecule has 3 rings (SSSR count). The number of carbonyl (C=O) groups excluding carboxylic acids is 2. The molecule has 2 aliphatic rings. The molecule has 1 aliphatic heterocycles. The van der Waals surface area contributed by atoms with Crippen LogP contribution in [-0.2, 0) is 4.79 Å². The van der Waals surface area contributed by atoms with Crippen molar-refractivity contribution in [2.75, 3.05) is 31.1 Å². The van der Waals surface area contributed by atoms with Crippen molar-refractivity contribution < 1.29 is 9.59 Å². The molecular formula is C18H24ClN3O2. The molecule has 6 heteroatoms. The average molecular weight is 350 g/mol. The number of urea groups is 1. The molecule has 0 radical (unpaired) electrons. The zero-order valence-electron chi connectivity index (χ0n) is 13.8. The summed E-state index contributed by atoms with van der Waals surface area (Å²) in [5.41, 5.74) is 0.814. The number of carbonyl (C=O) groups is 2. The molecule has 1 aromatic rings. The number of hydrogen-bond acceptors (Lipinski definition) is 2. The molecule has 3 amide bonds. The number of benzene rings is 1. The Kier molecular flexibility index (Phi) is 5.61. The predicted octanol–water partition coefficient (Wildman–Crippen LogP) is 3.28. The van der Waals surface area contributed by atoms with Crippen molar-refractivity contribution in [3.8, 4) is 0 Å². The molecule has 1 aromatic carbocycles. The Bertz CT molecular complexity index is 584. The van der Waals surface area contributed by atoms with E-state index in [4.69, 9.17) is 11.6 Å². The van der Waals surface area contributed by atoms with Gasteiger partial charge in [-0.15, -0.1) is 0 Å². The first-order chi connectivity index (χ1) is 11.6. The molecule has 0 spiro atoms. The Morgan fingerprint density at radius 2 is 1.83 bits per heavy atom. The lowest BCUT2D eigenvalue weighted by atomic mass is 9.89. The van der Waals surface area contributed by atoms with Crippen LogP contribution in [0.2, 0.25) is 5.02 Å². The lowest BCUT2D eigenvalue weighted by Gasteiger charge is -2.23. The highest BCUT2D eigenvalue weighted by atomic mass is 35.5. The summed E-state index contributed by atoms with van der Waals surface area (Å²) >= 11 is 5.88. The van der Waals surface area contributed by atoms with Gasteiger partial charge in [0.25, 0.3) is 0 Å². The highest BCUT2D eigenvalue weighted by Gasteiger charge is 2.30. The van der Waals surface area contributed by atoms with Crippen molar-refractivity contribution in [1.29, 1.82) is 0 Å². The van der Waals surface area contributed by atoms with E-state index in [0.29, 0.717) is 24.0 Å². The SMILES string of the molecule is O=C(CN1CCN(c2ccc(Cl)cc2)C1=O)NCC1CCCCC1. The summed E-state index contributed by atoms with van der Waals surface area (Å²) < 4.78 is 0. The summed E-state index contributed by atoms with van der Waals surface area (Å²) in [6, 6.07) is 7.07. The molecule has 0 unspecified atom stereocenters. The van der Waals surface area contributed by atoms with E-state index in [1.165, 1.54) is 32.1 Å². The lowest BCUT2D eigenvalue weighted by molar-refractivity contribution is -0.121. The number of nitrogens with one attached hydrogen (secondary N) is 1. The van der Waals surface area contributed by atoms with E-state index in [1.807, 2.05) is 12.1 Å². The summed E-state index contributed by atoms with van der Waals surface area (Å²) in [4.78, 5) is 27.9. The number of halogens is 1. The van der Waals surface area contributed by atoms with Crippen LogP contribution in [0.4, 0.5) is 10.5 Å². The van der Waals surface area contributed by atoms with Gasteiger partial charge in [-0.25, -0.2) is 4.79 Å². The Morgan fingerprint density at radius 3 is 2.54 bits per heavy atom. The molecule has 24 heavy (non-hydrogen) atoms. The van der Waals surface area contributed by atoms with Crippen molar-refractivity contribution in [3.05, 3.63) is 29.3 Å². The summed E-state index contributed by atoms with van der Waals surface area (Å²) in [6.07, 6.45) is 6.25. The molecule has 130 valence electrons. The second kappa shape index (κ2) is 7.88. The average Bonchev–Trinajstić information content (AvgIpc) is 2.95. The summed E-state index contributed by atoms with van der Waals surface area (Å²) in [5.74, 6) is 0.537. The maximum Gasteiger partial charge on any atom is 0.325 e. The quantitative estimate of drug-likeness (QED) is 0.886. The minimum atomic E-state index is -0.120. The van der Waals surface area contributed by atoms with Crippen molar-refractivity contribution >= 4 is 29.2 Å². The van der Waals surface area contributed by atoms with Crippen molar-refractivity contribution in [2.24, 2.45) is 5.92 Å². The molecule has 2 fully saturated rings. The number of amides is 3. The van der Waals surface area contributed by atoms with Crippen molar-refractivity contribution in [3.63, 3.8) is 0 Å². The molecule has 0 atom stereocenters. The fourth-order valence-electron chi connectivity index (χ4n) is 3.47. The maximum absolute atomic E-state index is 12.5. The molecule has 5 nitrogen and oxygen atoms in total. The zero-order valence-corrected chi connectivity index (χ0v) is 14.6. The monoisotopic (exact) mass is 349 g/mol. The van der Waals surface area contributed by atoms with Gasteiger partial charge in [0, 0.05) is 30.3 Å². The number of rotatable bonds is 5. The van der Waals surface area contributed by atoms with E-state index >= 15 is 0 Å². The summed E-state index contributed by atoms with van der Waals surface area (Å²) in [6.45, 7) is 2.03. The van der Waals surface area contributed by atoms with E-state index in [0.717, 1.165) is 12.2 Å². The van der Waals surface area contributed by atoms with Crippen LogP contribution in [0.5, 0.6) is 0 Å².